The van der Waals surface area contributed by atoms with E-state index in [1.165, 1.54) is 0 Å². The second-order valence-corrected chi connectivity index (χ2v) is 12.3. The number of benzene rings is 7. The first-order chi connectivity index (χ1) is 24.7. The molecule has 2 aromatic heterocycles. The van der Waals surface area contributed by atoms with Gasteiger partial charge in [0.15, 0.2) is 5.69 Å². The highest BCUT2D eigenvalue weighted by Crippen LogP contribution is 2.40. The smallest absolute Gasteiger partial charge is 0.189 e. The summed E-state index contributed by atoms with van der Waals surface area (Å²) in [6.07, 6.45) is 0. The first kappa shape index (κ1) is 28.8. The minimum Gasteiger partial charge on any atom is -0.310 e. The molecule has 0 radical (unpaired) electrons. The zero-order valence-corrected chi connectivity index (χ0v) is 26.7. The van der Waals surface area contributed by atoms with Crippen molar-refractivity contribution in [3.05, 3.63) is 174 Å². The van der Waals surface area contributed by atoms with Crippen LogP contribution in [-0.2, 0) is 0 Å². The number of aromatic nitrogens is 2. The summed E-state index contributed by atoms with van der Waals surface area (Å²) >= 11 is 0. The Bertz CT molecular complexity index is 2940. The van der Waals surface area contributed by atoms with Crippen molar-refractivity contribution >= 4 is 49.3 Å². The predicted octanol–water partition coefficient (Wildman–Crippen LogP) is 11.5. The summed E-state index contributed by atoms with van der Waals surface area (Å²) in [6, 6.07) is 55.7. The Morgan fingerprint density at radius 2 is 1.10 bits per heavy atom. The van der Waals surface area contributed by atoms with E-state index in [4.69, 9.17) is 6.57 Å². The van der Waals surface area contributed by atoms with Crippen molar-refractivity contribution in [3.63, 3.8) is 0 Å². The Hall–Kier alpha value is -7.39. The van der Waals surface area contributed by atoms with Gasteiger partial charge < -0.3 is 9.13 Å². The van der Waals surface area contributed by atoms with Crippen LogP contribution in [0, 0.1) is 29.2 Å². The fourth-order valence-electron chi connectivity index (χ4n) is 7.36. The van der Waals surface area contributed by atoms with Gasteiger partial charge in [-0.1, -0.05) is 91.0 Å². The van der Waals surface area contributed by atoms with Gasteiger partial charge in [0, 0.05) is 38.3 Å². The molecule has 9 rings (SSSR count). The summed E-state index contributed by atoms with van der Waals surface area (Å²) in [4.78, 5) is 3.70. The molecule has 0 aliphatic rings. The van der Waals surface area contributed by atoms with Crippen molar-refractivity contribution in [2.45, 2.75) is 0 Å². The summed E-state index contributed by atoms with van der Waals surface area (Å²) in [5, 5.41) is 24.1. The molecule has 0 spiro atoms. The quantitative estimate of drug-likeness (QED) is 0.181. The van der Waals surface area contributed by atoms with Crippen molar-refractivity contribution in [1.82, 2.24) is 9.13 Å². The second-order valence-electron chi connectivity index (χ2n) is 12.3. The van der Waals surface area contributed by atoms with Crippen molar-refractivity contribution < 1.29 is 0 Å². The minimum absolute atomic E-state index is 0.571. The van der Waals surface area contributed by atoms with E-state index in [0.29, 0.717) is 16.8 Å². The molecule has 230 valence electrons. The lowest BCUT2D eigenvalue weighted by Crippen LogP contribution is -1.99. The van der Waals surface area contributed by atoms with Gasteiger partial charge >= 0.3 is 0 Å². The van der Waals surface area contributed by atoms with Gasteiger partial charge in [-0.05, 0) is 77.4 Å². The normalized spacial score (nSPS) is 11.1. The van der Waals surface area contributed by atoms with E-state index in [9.17, 15) is 10.5 Å². The molecule has 50 heavy (non-hydrogen) atoms. The lowest BCUT2D eigenvalue weighted by atomic mass is 9.95. The molecular weight excluding hydrogens is 611 g/mol. The Kier molecular flexibility index (Phi) is 6.56. The number of nitrogens with zero attached hydrogens (tertiary/aromatic N) is 5. The van der Waals surface area contributed by atoms with Crippen LogP contribution in [0.15, 0.2) is 152 Å². The van der Waals surface area contributed by atoms with Crippen molar-refractivity contribution in [2.24, 2.45) is 0 Å². The number of rotatable bonds is 4. The first-order valence-electron chi connectivity index (χ1n) is 16.3. The zero-order valence-electron chi connectivity index (χ0n) is 26.7. The maximum absolute atomic E-state index is 10.3. The SMILES string of the molecule is [C-]#[N+]c1ccc2c3ccccc3n(-c3cccc(C#N)c3-c3ccc(-c4ccc(-n5c6ccccc6c6cc(C#N)ccc65)cc4)cc3)c2c1. The molecule has 0 fully saturated rings. The van der Waals surface area contributed by atoms with E-state index in [0.717, 1.165) is 77.2 Å². The third-order valence-corrected chi connectivity index (χ3v) is 9.62. The fraction of sp³-hybridized carbons (Fsp3) is 0. The molecule has 7 aromatic carbocycles. The standard InChI is InChI=1S/C45H25N5/c1-48-34-20-23-38-36-8-2-5-11-41(36)50(44(38)26-34)43-12-6-7-33(28-47)45(43)32-16-14-30(15-17-32)31-18-21-35(22-19-31)49-40-10-4-3-9-37(40)39-25-29(27-46)13-24-42(39)49/h2-26H. The van der Waals surface area contributed by atoms with Gasteiger partial charge in [0.1, 0.15) is 0 Å². The van der Waals surface area contributed by atoms with Crippen LogP contribution in [0.1, 0.15) is 11.1 Å². The van der Waals surface area contributed by atoms with E-state index < -0.39 is 0 Å². The molecule has 5 nitrogen and oxygen atoms in total. The van der Waals surface area contributed by atoms with Crippen LogP contribution in [0.5, 0.6) is 0 Å². The highest BCUT2D eigenvalue weighted by atomic mass is 15.0. The number of para-hydroxylation sites is 2. The predicted molar refractivity (Wildman–Crippen MR) is 202 cm³/mol. The average molecular weight is 636 g/mol. The van der Waals surface area contributed by atoms with Crippen LogP contribution in [0.3, 0.4) is 0 Å². The molecule has 2 heterocycles. The maximum Gasteiger partial charge on any atom is 0.189 e. The Morgan fingerprint density at radius 3 is 1.80 bits per heavy atom. The highest BCUT2D eigenvalue weighted by molar-refractivity contribution is 6.11. The van der Waals surface area contributed by atoms with Crippen LogP contribution >= 0.6 is 0 Å². The highest BCUT2D eigenvalue weighted by Gasteiger charge is 2.19. The molecule has 0 atom stereocenters. The molecular formula is C45H25N5. The van der Waals surface area contributed by atoms with Gasteiger partial charge in [0.25, 0.3) is 0 Å². The van der Waals surface area contributed by atoms with Crippen LogP contribution in [0.2, 0.25) is 0 Å². The molecule has 0 amide bonds. The second kappa shape index (κ2) is 11.4. The van der Waals surface area contributed by atoms with E-state index in [1.54, 1.807) is 0 Å². The summed E-state index contributed by atoms with van der Waals surface area (Å²) in [5.41, 5.74) is 11.8. The molecule has 5 heteroatoms. The van der Waals surface area contributed by atoms with Crippen LogP contribution in [0.25, 0.3) is 82.1 Å². The van der Waals surface area contributed by atoms with Gasteiger partial charge in [-0.15, -0.1) is 0 Å². The van der Waals surface area contributed by atoms with Gasteiger partial charge in [-0.3, -0.25) is 0 Å². The van der Waals surface area contributed by atoms with Crippen LogP contribution < -0.4 is 0 Å². The Balaban J connectivity index is 1.13. The molecule has 0 aliphatic carbocycles. The largest absolute Gasteiger partial charge is 0.310 e. The molecule has 0 N–H and O–H groups in total. The van der Waals surface area contributed by atoms with Crippen LogP contribution in [0.4, 0.5) is 5.69 Å². The Labute approximate surface area is 288 Å². The van der Waals surface area contributed by atoms with E-state index in [-0.39, 0.29) is 0 Å². The molecule has 9 aromatic rings. The van der Waals surface area contributed by atoms with E-state index >= 15 is 0 Å². The minimum atomic E-state index is 0.571. The van der Waals surface area contributed by atoms with Gasteiger partial charge in [0.2, 0.25) is 0 Å². The number of hydrogen-bond donors (Lipinski definition) is 0. The summed E-state index contributed by atoms with van der Waals surface area (Å²) in [6.45, 7) is 7.65. The number of hydrogen-bond acceptors (Lipinski definition) is 2. The lowest BCUT2D eigenvalue weighted by molar-refractivity contribution is 1.18. The van der Waals surface area contributed by atoms with Gasteiger partial charge in [-0.2, -0.15) is 10.5 Å². The molecule has 0 unspecified atom stereocenters. The molecule has 0 bridgehead atoms. The van der Waals surface area contributed by atoms with E-state index in [1.807, 2.05) is 72.8 Å². The molecule has 0 saturated heterocycles. The fourth-order valence-corrected chi connectivity index (χ4v) is 7.36. The van der Waals surface area contributed by atoms with E-state index in [2.05, 4.69) is 105 Å². The van der Waals surface area contributed by atoms with Gasteiger partial charge in [0.05, 0.1) is 52.1 Å². The number of nitriles is 2. The van der Waals surface area contributed by atoms with Crippen LogP contribution in [-0.4, -0.2) is 9.13 Å². The topological polar surface area (TPSA) is 61.8 Å². The van der Waals surface area contributed by atoms with Crippen molar-refractivity contribution in [3.8, 4) is 45.8 Å². The Morgan fingerprint density at radius 1 is 0.480 bits per heavy atom. The lowest BCUT2D eigenvalue weighted by Gasteiger charge is -2.16. The summed E-state index contributed by atoms with van der Waals surface area (Å²) in [7, 11) is 0. The third-order valence-electron chi connectivity index (χ3n) is 9.62. The van der Waals surface area contributed by atoms with Gasteiger partial charge in [-0.25, -0.2) is 4.85 Å². The zero-order chi connectivity index (χ0) is 33.8. The van der Waals surface area contributed by atoms with Crippen molar-refractivity contribution in [1.29, 1.82) is 10.5 Å². The first-order valence-corrected chi connectivity index (χ1v) is 16.3. The van der Waals surface area contributed by atoms with Crippen molar-refractivity contribution in [2.75, 3.05) is 0 Å². The summed E-state index contributed by atoms with van der Waals surface area (Å²) < 4.78 is 4.42. The average Bonchev–Trinajstić information content (AvgIpc) is 3.69. The third kappa shape index (κ3) is 4.38. The summed E-state index contributed by atoms with van der Waals surface area (Å²) in [5.74, 6) is 0. The molecule has 0 aliphatic heterocycles. The number of fused-ring (bicyclic) bond motifs is 6. The monoisotopic (exact) mass is 635 g/mol. The maximum atomic E-state index is 10.3. The molecule has 0 saturated carbocycles.